The first-order valence-corrected chi connectivity index (χ1v) is 8.55. The standard InChI is InChI=1S/C19H28N4O2/c1-13-6-7-18(24-5)16(12-13)8-10-21-19(20-4)22-11-9-17-14(2)23-25-15(17)3/h6-7,12H,8-11H2,1-5H3,(H2,20,21,22). The number of aliphatic imine (C=N–C) groups is 1. The Kier molecular flexibility index (Phi) is 6.86. The molecule has 0 aliphatic heterocycles. The molecule has 6 nitrogen and oxygen atoms in total. The Bertz CT molecular complexity index is 703. The minimum absolute atomic E-state index is 0.774. The minimum atomic E-state index is 0.774. The van der Waals surface area contributed by atoms with Gasteiger partial charge in [-0.3, -0.25) is 4.99 Å². The summed E-state index contributed by atoms with van der Waals surface area (Å²) >= 11 is 0. The zero-order valence-corrected chi connectivity index (χ0v) is 15.8. The number of aryl methyl sites for hydroxylation is 3. The van der Waals surface area contributed by atoms with E-state index in [1.54, 1.807) is 14.2 Å². The molecule has 0 aliphatic carbocycles. The van der Waals surface area contributed by atoms with E-state index >= 15 is 0 Å². The average molecular weight is 344 g/mol. The molecule has 136 valence electrons. The predicted octanol–water partition coefficient (Wildman–Crippen LogP) is 2.56. The summed E-state index contributed by atoms with van der Waals surface area (Å²) < 4.78 is 10.6. The van der Waals surface area contributed by atoms with Crippen LogP contribution < -0.4 is 15.4 Å². The second-order valence-corrected chi connectivity index (χ2v) is 6.04. The maximum Gasteiger partial charge on any atom is 0.190 e. The molecule has 1 aromatic carbocycles. The monoisotopic (exact) mass is 344 g/mol. The largest absolute Gasteiger partial charge is 0.496 e. The Labute approximate surface area is 149 Å². The van der Waals surface area contributed by atoms with Gasteiger partial charge in [-0.15, -0.1) is 0 Å². The van der Waals surface area contributed by atoms with Crippen LogP contribution in [0.25, 0.3) is 0 Å². The van der Waals surface area contributed by atoms with Crippen molar-refractivity contribution in [2.24, 2.45) is 4.99 Å². The van der Waals surface area contributed by atoms with Gasteiger partial charge in [-0.1, -0.05) is 22.9 Å². The molecule has 0 unspecified atom stereocenters. The van der Waals surface area contributed by atoms with Gasteiger partial charge >= 0.3 is 0 Å². The molecule has 2 N–H and O–H groups in total. The number of nitrogens with zero attached hydrogens (tertiary/aromatic N) is 2. The third-order valence-corrected chi connectivity index (χ3v) is 4.19. The van der Waals surface area contributed by atoms with E-state index in [1.807, 2.05) is 19.9 Å². The van der Waals surface area contributed by atoms with E-state index in [1.165, 1.54) is 11.1 Å². The highest BCUT2D eigenvalue weighted by molar-refractivity contribution is 5.79. The molecule has 2 aromatic rings. The molecule has 1 heterocycles. The summed E-state index contributed by atoms with van der Waals surface area (Å²) in [6.45, 7) is 7.55. The van der Waals surface area contributed by atoms with Crippen LogP contribution in [0.4, 0.5) is 0 Å². The maximum absolute atomic E-state index is 5.42. The van der Waals surface area contributed by atoms with Gasteiger partial charge in [0.1, 0.15) is 11.5 Å². The number of aromatic nitrogens is 1. The number of methoxy groups -OCH3 is 1. The molecule has 0 bridgehead atoms. The smallest absolute Gasteiger partial charge is 0.190 e. The highest BCUT2D eigenvalue weighted by atomic mass is 16.5. The number of ether oxygens (including phenoxy) is 1. The summed E-state index contributed by atoms with van der Waals surface area (Å²) in [5.41, 5.74) is 4.54. The Morgan fingerprint density at radius 1 is 1.16 bits per heavy atom. The molecule has 6 heteroatoms. The first kappa shape index (κ1) is 18.8. The summed E-state index contributed by atoms with van der Waals surface area (Å²) in [4.78, 5) is 4.27. The zero-order valence-electron chi connectivity index (χ0n) is 15.8. The summed E-state index contributed by atoms with van der Waals surface area (Å²) in [6.07, 6.45) is 1.73. The van der Waals surface area contributed by atoms with E-state index < -0.39 is 0 Å². The van der Waals surface area contributed by atoms with Crippen LogP contribution in [0.5, 0.6) is 5.75 Å². The third kappa shape index (κ3) is 5.24. The van der Waals surface area contributed by atoms with Gasteiger partial charge in [-0.05, 0) is 45.2 Å². The molecule has 0 atom stereocenters. The lowest BCUT2D eigenvalue weighted by Crippen LogP contribution is -2.39. The predicted molar refractivity (Wildman–Crippen MR) is 100 cm³/mol. The lowest BCUT2D eigenvalue weighted by Gasteiger charge is -2.13. The maximum atomic E-state index is 5.42. The van der Waals surface area contributed by atoms with E-state index in [2.05, 4.69) is 39.8 Å². The van der Waals surface area contributed by atoms with Crippen LogP contribution >= 0.6 is 0 Å². The van der Waals surface area contributed by atoms with Crippen LogP contribution in [0.2, 0.25) is 0 Å². The summed E-state index contributed by atoms with van der Waals surface area (Å²) in [7, 11) is 3.48. The van der Waals surface area contributed by atoms with Gasteiger partial charge in [0, 0.05) is 25.7 Å². The lowest BCUT2D eigenvalue weighted by molar-refractivity contribution is 0.392. The van der Waals surface area contributed by atoms with Gasteiger partial charge in [-0.2, -0.15) is 0 Å². The number of hydrogen-bond acceptors (Lipinski definition) is 4. The van der Waals surface area contributed by atoms with Gasteiger partial charge in [0.2, 0.25) is 0 Å². The van der Waals surface area contributed by atoms with E-state index in [-0.39, 0.29) is 0 Å². The molecule has 1 aromatic heterocycles. The van der Waals surface area contributed by atoms with Crippen LogP contribution in [0.3, 0.4) is 0 Å². The fourth-order valence-corrected chi connectivity index (χ4v) is 2.80. The third-order valence-electron chi connectivity index (χ3n) is 4.19. The molecule has 0 saturated carbocycles. The van der Waals surface area contributed by atoms with Crippen molar-refractivity contribution in [2.45, 2.75) is 33.6 Å². The topological polar surface area (TPSA) is 71.7 Å². The van der Waals surface area contributed by atoms with Crippen molar-refractivity contribution < 1.29 is 9.26 Å². The van der Waals surface area contributed by atoms with Crippen molar-refractivity contribution in [3.63, 3.8) is 0 Å². The van der Waals surface area contributed by atoms with Crippen molar-refractivity contribution in [2.75, 3.05) is 27.2 Å². The molecule has 0 aliphatic rings. The van der Waals surface area contributed by atoms with Crippen LogP contribution in [-0.4, -0.2) is 38.4 Å². The Balaban J connectivity index is 1.80. The van der Waals surface area contributed by atoms with E-state index in [9.17, 15) is 0 Å². The van der Waals surface area contributed by atoms with Crippen molar-refractivity contribution in [3.8, 4) is 5.75 Å². The molecular weight excluding hydrogens is 316 g/mol. The first-order chi connectivity index (χ1) is 12.0. The number of rotatable bonds is 7. The molecule has 2 rings (SSSR count). The Hall–Kier alpha value is -2.50. The fraction of sp³-hybridized carbons (Fsp3) is 0.474. The van der Waals surface area contributed by atoms with Crippen molar-refractivity contribution in [1.29, 1.82) is 0 Å². The van der Waals surface area contributed by atoms with Crippen molar-refractivity contribution in [3.05, 3.63) is 46.3 Å². The number of nitrogens with one attached hydrogen (secondary N) is 2. The summed E-state index contributed by atoms with van der Waals surface area (Å²) in [5.74, 6) is 2.60. The van der Waals surface area contributed by atoms with Gasteiger partial charge < -0.3 is 19.9 Å². The van der Waals surface area contributed by atoms with Gasteiger partial charge in [0.15, 0.2) is 5.96 Å². The second kappa shape index (κ2) is 9.11. The molecule has 0 amide bonds. The van der Waals surface area contributed by atoms with E-state index in [0.717, 1.165) is 54.7 Å². The highest BCUT2D eigenvalue weighted by Gasteiger charge is 2.09. The normalized spacial score (nSPS) is 11.5. The van der Waals surface area contributed by atoms with Gasteiger partial charge in [0.05, 0.1) is 12.8 Å². The molecule has 0 fully saturated rings. The Morgan fingerprint density at radius 2 is 1.88 bits per heavy atom. The van der Waals surface area contributed by atoms with Crippen LogP contribution in [0, 0.1) is 20.8 Å². The molecule has 0 saturated heterocycles. The SMILES string of the molecule is CN=C(NCCc1cc(C)ccc1OC)NCCc1c(C)noc1C. The number of guanidine groups is 1. The summed E-state index contributed by atoms with van der Waals surface area (Å²) in [6, 6.07) is 6.24. The molecule has 0 spiro atoms. The van der Waals surface area contributed by atoms with Gasteiger partial charge in [-0.25, -0.2) is 0 Å². The van der Waals surface area contributed by atoms with Crippen molar-refractivity contribution >= 4 is 5.96 Å². The van der Waals surface area contributed by atoms with E-state index in [0.29, 0.717) is 0 Å². The second-order valence-electron chi connectivity index (χ2n) is 6.04. The lowest BCUT2D eigenvalue weighted by atomic mass is 10.1. The van der Waals surface area contributed by atoms with Crippen LogP contribution in [-0.2, 0) is 12.8 Å². The van der Waals surface area contributed by atoms with E-state index in [4.69, 9.17) is 9.26 Å². The van der Waals surface area contributed by atoms with Crippen LogP contribution in [0.1, 0.15) is 28.1 Å². The first-order valence-electron chi connectivity index (χ1n) is 8.55. The van der Waals surface area contributed by atoms with Gasteiger partial charge in [0.25, 0.3) is 0 Å². The summed E-state index contributed by atoms with van der Waals surface area (Å²) in [5, 5.41) is 10.6. The quantitative estimate of drug-likeness (QED) is 0.597. The number of benzene rings is 1. The highest BCUT2D eigenvalue weighted by Crippen LogP contribution is 2.19. The molecule has 0 radical (unpaired) electrons. The van der Waals surface area contributed by atoms with Crippen molar-refractivity contribution in [1.82, 2.24) is 15.8 Å². The molecular formula is C19H28N4O2. The fourth-order valence-electron chi connectivity index (χ4n) is 2.80. The zero-order chi connectivity index (χ0) is 18.2. The molecule has 25 heavy (non-hydrogen) atoms. The average Bonchev–Trinajstić information content (AvgIpc) is 2.92. The number of hydrogen-bond donors (Lipinski definition) is 2. The minimum Gasteiger partial charge on any atom is -0.496 e. The Morgan fingerprint density at radius 3 is 2.48 bits per heavy atom. The van der Waals surface area contributed by atoms with Crippen LogP contribution in [0.15, 0.2) is 27.7 Å².